The maximum Gasteiger partial charge on any atom is 0.346 e. The Balaban J connectivity index is 4.58. The van der Waals surface area contributed by atoms with Crippen molar-refractivity contribution >= 4 is 11.9 Å². The summed E-state index contributed by atoms with van der Waals surface area (Å²) in [5.74, 6) is -2.75. The molecular formula is C8H14O6. The van der Waals surface area contributed by atoms with Crippen molar-refractivity contribution in [2.75, 3.05) is 0 Å². The smallest absolute Gasteiger partial charge is 0.301 e. The zero-order valence-corrected chi connectivity index (χ0v) is 8.31. The third-order valence-corrected chi connectivity index (χ3v) is 1.89. The summed E-state index contributed by atoms with van der Waals surface area (Å²) in [6.45, 7) is 5.08. The van der Waals surface area contributed by atoms with E-state index in [1.165, 1.54) is 0 Å². The Morgan fingerprint density at radius 3 is 2.00 bits per heavy atom. The van der Waals surface area contributed by atoms with Crippen molar-refractivity contribution in [1.29, 1.82) is 0 Å². The van der Waals surface area contributed by atoms with E-state index in [9.17, 15) is 9.59 Å². The van der Waals surface area contributed by atoms with Gasteiger partial charge in [-0.1, -0.05) is 20.8 Å². The molecule has 0 saturated carbocycles. The normalized spacial score (nSPS) is 13.2. The minimum Gasteiger partial charge on any atom is -0.301 e. The minimum atomic E-state index is -0.949. The van der Waals surface area contributed by atoms with E-state index < -0.39 is 23.3 Å². The van der Waals surface area contributed by atoms with Crippen LogP contribution in [-0.4, -0.2) is 22.5 Å². The highest BCUT2D eigenvalue weighted by atomic mass is 17.1. The van der Waals surface area contributed by atoms with Gasteiger partial charge in [0.15, 0.2) is 0 Å². The molecule has 6 heteroatoms. The molecule has 2 N–H and O–H groups in total. The van der Waals surface area contributed by atoms with Crippen LogP contribution in [0.1, 0.15) is 27.2 Å². The summed E-state index contributed by atoms with van der Waals surface area (Å²) in [4.78, 5) is 28.8. The van der Waals surface area contributed by atoms with Gasteiger partial charge in [-0.15, -0.1) is 0 Å². The van der Waals surface area contributed by atoms with Gasteiger partial charge >= 0.3 is 11.9 Å². The molecule has 0 aliphatic rings. The van der Waals surface area contributed by atoms with Crippen LogP contribution in [0, 0.1) is 11.3 Å². The quantitative estimate of drug-likeness (QED) is 0.530. The minimum absolute atomic E-state index is 0.348. The van der Waals surface area contributed by atoms with Gasteiger partial charge in [-0.05, 0) is 5.41 Å². The molecule has 1 unspecified atom stereocenters. The second-order valence-electron chi connectivity index (χ2n) is 4.00. The molecule has 0 aromatic rings. The molecule has 0 amide bonds. The first-order valence-corrected chi connectivity index (χ1v) is 4.02. The number of hydrogen-bond acceptors (Lipinski definition) is 6. The highest BCUT2D eigenvalue weighted by molar-refractivity contribution is 5.79. The van der Waals surface area contributed by atoms with Crippen molar-refractivity contribution in [1.82, 2.24) is 0 Å². The van der Waals surface area contributed by atoms with E-state index in [0.717, 1.165) is 0 Å². The second-order valence-corrected chi connectivity index (χ2v) is 4.00. The average molecular weight is 206 g/mol. The van der Waals surface area contributed by atoms with Gasteiger partial charge < -0.3 is 9.78 Å². The van der Waals surface area contributed by atoms with E-state index in [4.69, 9.17) is 10.5 Å². The molecule has 0 saturated heterocycles. The number of rotatable bonds is 3. The summed E-state index contributed by atoms with van der Waals surface area (Å²) >= 11 is 0. The van der Waals surface area contributed by atoms with Crippen LogP contribution in [0.25, 0.3) is 0 Å². The predicted octanol–water partition coefficient (Wildman–Crippen LogP) is 1.07. The molecule has 0 aromatic carbocycles. The molecule has 0 aliphatic carbocycles. The molecule has 0 radical (unpaired) electrons. The molecule has 0 heterocycles. The molecular weight excluding hydrogens is 192 g/mol. The Labute approximate surface area is 81.3 Å². The topological polar surface area (TPSA) is 93.1 Å². The Morgan fingerprint density at radius 1 is 1.21 bits per heavy atom. The Kier molecular flexibility index (Phi) is 4.52. The fourth-order valence-electron chi connectivity index (χ4n) is 1.01. The summed E-state index contributed by atoms with van der Waals surface area (Å²) in [5, 5.41) is 16.2. The van der Waals surface area contributed by atoms with Gasteiger partial charge in [0.1, 0.15) is 0 Å². The highest BCUT2D eigenvalue weighted by Crippen LogP contribution is 2.29. The van der Waals surface area contributed by atoms with E-state index in [-0.39, 0.29) is 6.42 Å². The Hall–Kier alpha value is -1.14. The van der Waals surface area contributed by atoms with Gasteiger partial charge in [0.2, 0.25) is 0 Å². The van der Waals surface area contributed by atoms with Crippen molar-refractivity contribution in [3.8, 4) is 0 Å². The molecule has 82 valence electrons. The van der Waals surface area contributed by atoms with E-state index in [2.05, 4.69) is 9.78 Å². The van der Waals surface area contributed by atoms with Gasteiger partial charge in [0, 0.05) is 0 Å². The molecule has 0 rings (SSSR count). The van der Waals surface area contributed by atoms with Crippen molar-refractivity contribution < 1.29 is 29.9 Å². The molecule has 1 atom stereocenters. The lowest BCUT2D eigenvalue weighted by atomic mass is 9.79. The largest absolute Gasteiger partial charge is 0.346 e. The fraction of sp³-hybridized carbons (Fsp3) is 0.750. The monoisotopic (exact) mass is 206 g/mol. The van der Waals surface area contributed by atoms with Crippen LogP contribution >= 0.6 is 0 Å². The molecule has 0 aliphatic heterocycles. The van der Waals surface area contributed by atoms with Gasteiger partial charge in [-0.2, -0.15) is 10.5 Å². The zero-order valence-electron chi connectivity index (χ0n) is 8.31. The molecule has 6 nitrogen and oxygen atoms in total. The van der Waals surface area contributed by atoms with Crippen molar-refractivity contribution in [2.24, 2.45) is 11.3 Å². The van der Waals surface area contributed by atoms with E-state index >= 15 is 0 Å². The van der Waals surface area contributed by atoms with E-state index in [1.807, 2.05) is 0 Å². The van der Waals surface area contributed by atoms with Crippen LogP contribution in [0.2, 0.25) is 0 Å². The summed E-state index contributed by atoms with van der Waals surface area (Å²) < 4.78 is 0. The highest BCUT2D eigenvalue weighted by Gasteiger charge is 2.35. The molecule has 0 fully saturated rings. The average Bonchev–Trinajstić information content (AvgIpc) is 2.10. The second kappa shape index (κ2) is 4.92. The maximum absolute atomic E-state index is 11.0. The fourth-order valence-corrected chi connectivity index (χ4v) is 1.01. The van der Waals surface area contributed by atoms with Gasteiger partial charge in [-0.25, -0.2) is 9.59 Å². The molecule has 0 spiro atoms. The summed E-state index contributed by atoms with van der Waals surface area (Å²) in [7, 11) is 0. The predicted molar refractivity (Wildman–Crippen MR) is 45.0 cm³/mol. The van der Waals surface area contributed by atoms with Gasteiger partial charge in [-0.3, -0.25) is 0 Å². The van der Waals surface area contributed by atoms with Crippen LogP contribution in [0.3, 0.4) is 0 Å². The summed E-state index contributed by atoms with van der Waals surface area (Å²) in [5.41, 5.74) is -0.575. The Bertz CT molecular complexity index is 216. The Morgan fingerprint density at radius 2 is 1.71 bits per heavy atom. The molecule has 0 bridgehead atoms. The molecule has 0 aromatic heterocycles. The van der Waals surface area contributed by atoms with Gasteiger partial charge in [0.05, 0.1) is 12.3 Å². The van der Waals surface area contributed by atoms with Crippen LogP contribution < -0.4 is 0 Å². The van der Waals surface area contributed by atoms with Crippen LogP contribution in [0.5, 0.6) is 0 Å². The SMILES string of the molecule is CC(C)(C)C(CC(=O)OO)C(=O)OO. The first-order valence-electron chi connectivity index (χ1n) is 4.02. The maximum atomic E-state index is 11.0. The number of carbonyl (C=O) groups is 2. The van der Waals surface area contributed by atoms with Crippen LogP contribution in [0.4, 0.5) is 0 Å². The first-order chi connectivity index (χ1) is 6.32. The third kappa shape index (κ3) is 3.71. The van der Waals surface area contributed by atoms with Crippen LogP contribution in [-0.2, 0) is 19.4 Å². The lowest BCUT2D eigenvalue weighted by Gasteiger charge is -2.26. The lowest BCUT2D eigenvalue weighted by molar-refractivity contribution is -0.248. The van der Waals surface area contributed by atoms with Crippen molar-refractivity contribution in [3.05, 3.63) is 0 Å². The van der Waals surface area contributed by atoms with Gasteiger partial charge in [0.25, 0.3) is 0 Å². The van der Waals surface area contributed by atoms with Crippen LogP contribution in [0.15, 0.2) is 0 Å². The number of carbonyl (C=O) groups excluding carboxylic acids is 2. The summed E-state index contributed by atoms with van der Waals surface area (Å²) in [6, 6.07) is 0. The van der Waals surface area contributed by atoms with E-state index in [1.54, 1.807) is 20.8 Å². The third-order valence-electron chi connectivity index (χ3n) is 1.89. The standard InChI is InChI=1S/C8H14O6/c1-8(2,3)5(7(10)14-12)4-6(9)13-11/h5,11-12H,4H2,1-3H3. The zero-order chi connectivity index (χ0) is 11.4. The summed E-state index contributed by atoms with van der Waals surface area (Å²) in [6.07, 6.45) is -0.348. The lowest BCUT2D eigenvalue weighted by Crippen LogP contribution is -2.32. The number of hydrogen-bond donors (Lipinski definition) is 2. The van der Waals surface area contributed by atoms with Crippen molar-refractivity contribution in [3.63, 3.8) is 0 Å². The van der Waals surface area contributed by atoms with Crippen molar-refractivity contribution in [2.45, 2.75) is 27.2 Å². The first kappa shape index (κ1) is 12.9. The molecule has 14 heavy (non-hydrogen) atoms. The van der Waals surface area contributed by atoms with E-state index in [0.29, 0.717) is 0 Å².